The Morgan fingerprint density at radius 1 is 1.15 bits per heavy atom. The molecule has 0 aliphatic rings. The van der Waals surface area contributed by atoms with Crippen molar-refractivity contribution >= 4 is 41.3 Å². The van der Waals surface area contributed by atoms with E-state index in [2.05, 4.69) is 84.9 Å². The summed E-state index contributed by atoms with van der Waals surface area (Å²) < 4.78 is 0. The minimum atomic E-state index is 0. The van der Waals surface area contributed by atoms with Crippen LogP contribution in [0.2, 0.25) is 0 Å². The minimum Gasteiger partial charge on any atom is -0.354 e. The number of thiophene rings is 1. The fourth-order valence-electron chi connectivity index (χ4n) is 2.78. The maximum Gasteiger partial charge on any atom is 0.191 e. The molecule has 144 valence electrons. The van der Waals surface area contributed by atoms with Crippen molar-refractivity contribution in [3.8, 4) is 0 Å². The molecule has 0 saturated carbocycles. The number of nitrogens with zero attached hydrogens (tertiary/aromatic N) is 2. The Kier molecular flexibility index (Phi) is 10.2. The molecule has 0 bridgehead atoms. The molecule has 0 amide bonds. The molecule has 2 rings (SSSR count). The van der Waals surface area contributed by atoms with Crippen LogP contribution in [0.1, 0.15) is 27.8 Å². The number of aryl methyl sites for hydroxylation is 1. The average molecular weight is 486 g/mol. The summed E-state index contributed by atoms with van der Waals surface area (Å²) in [7, 11) is 6.01. The van der Waals surface area contributed by atoms with Gasteiger partial charge in [0.1, 0.15) is 0 Å². The highest BCUT2D eigenvalue weighted by Crippen LogP contribution is 2.16. The molecule has 0 spiro atoms. The molecule has 1 aromatic carbocycles. The van der Waals surface area contributed by atoms with Crippen molar-refractivity contribution in [2.24, 2.45) is 4.99 Å². The van der Waals surface area contributed by atoms with Gasteiger partial charge in [0.15, 0.2) is 5.96 Å². The lowest BCUT2D eigenvalue weighted by Gasteiger charge is -2.19. The van der Waals surface area contributed by atoms with Crippen LogP contribution in [0.4, 0.5) is 0 Å². The van der Waals surface area contributed by atoms with Gasteiger partial charge in [-0.2, -0.15) is 0 Å². The number of guanidine groups is 1. The smallest absolute Gasteiger partial charge is 0.191 e. The number of hydrogen-bond donors (Lipinski definition) is 2. The van der Waals surface area contributed by atoms with Crippen LogP contribution in [0, 0.1) is 6.92 Å². The number of hydrogen-bond acceptors (Lipinski definition) is 3. The van der Waals surface area contributed by atoms with Gasteiger partial charge in [-0.1, -0.05) is 24.3 Å². The van der Waals surface area contributed by atoms with Crippen LogP contribution >= 0.6 is 35.3 Å². The normalized spacial score (nSPS) is 12.6. The van der Waals surface area contributed by atoms with Gasteiger partial charge in [-0.05, 0) is 51.2 Å². The van der Waals surface area contributed by atoms with Gasteiger partial charge in [0, 0.05) is 42.4 Å². The second kappa shape index (κ2) is 11.6. The van der Waals surface area contributed by atoms with Gasteiger partial charge in [0.05, 0.1) is 0 Å². The maximum atomic E-state index is 4.37. The lowest BCUT2D eigenvalue weighted by atomic mass is 10.1. The van der Waals surface area contributed by atoms with E-state index in [1.807, 2.05) is 18.4 Å². The Morgan fingerprint density at radius 2 is 1.85 bits per heavy atom. The van der Waals surface area contributed by atoms with Crippen LogP contribution < -0.4 is 10.6 Å². The van der Waals surface area contributed by atoms with E-state index in [1.54, 1.807) is 0 Å². The van der Waals surface area contributed by atoms with E-state index in [-0.39, 0.29) is 24.0 Å². The van der Waals surface area contributed by atoms with Crippen LogP contribution in [0.5, 0.6) is 0 Å². The Labute approximate surface area is 179 Å². The molecular weight excluding hydrogens is 455 g/mol. The van der Waals surface area contributed by atoms with Crippen LogP contribution in [-0.2, 0) is 19.5 Å². The number of halogens is 1. The van der Waals surface area contributed by atoms with Crippen molar-refractivity contribution < 1.29 is 0 Å². The van der Waals surface area contributed by atoms with E-state index in [4.69, 9.17) is 0 Å². The monoisotopic (exact) mass is 486 g/mol. The molecule has 1 unspecified atom stereocenters. The SMILES string of the molecule is CN=C(NCc1ccccc1CN(C)C)NC(C)Cc1ccc(C)s1.I. The molecule has 6 heteroatoms. The summed E-state index contributed by atoms with van der Waals surface area (Å²) >= 11 is 1.86. The molecule has 1 heterocycles. The predicted molar refractivity (Wildman–Crippen MR) is 125 cm³/mol. The second-order valence-corrected chi connectivity index (χ2v) is 8.07. The molecule has 2 aromatic rings. The average Bonchev–Trinajstić information content (AvgIpc) is 2.97. The third-order valence-corrected chi connectivity index (χ3v) is 4.98. The molecular formula is C20H31IN4S. The van der Waals surface area contributed by atoms with Gasteiger partial charge >= 0.3 is 0 Å². The molecule has 0 saturated heterocycles. The summed E-state index contributed by atoms with van der Waals surface area (Å²) in [6.45, 7) is 6.06. The number of aliphatic imine (C=N–C) groups is 1. The molecule has 1 atom stereocenters. The topological polar surface area (TPSA) is 39.7 Å². The fraction of sp³-hybridized carbons (Fsp3) is 0.450. The first-order valence-electron chi connectivity index (χ1n) is 8.72. The minimum absolute atomic E-state index is 0. The third-order valence-electron chi connectivity index (χ3n) is 3.96. The lowest BCUT2D eigenvalue weighted by molar-refractivity contribution is 0.400. The van der Waals surface area contributed by atoms with E-state index in [9.17, 15) is 0 Å². The molecule has 0 aliphatic heterocycles. The van der Waals surface area contributed by atoms with Crippen LogP contribution in [0.25, 0.3) is 0 Å². The zero-order chi connectivity index (χ0) is 18.2. The van der Waals surface area contributed by atoms with Gasteiger partial charge in [0.2, 0.25) is 0 Å². The molecule has 4 nitrogen and oxygen atoms in total. The van der Waals surface area contributed by atoms with E-state index in [0.29, 0.717) is 6.04 Å². The Bertz CT molecular complexity index is 697. The first-order chi connectivity index (χ1) is 12.0. The number of rotatable bonds is 7. The van der Waals surface area contributed by atoms with Crippen molar-refractivity contribution in [1.82, 2.24) is 15.5 Å². The Hall–Kier alpha value is -1.12. The number of benzene rings is 1. The van der Waals surface area contributed by atoms with E-state index < -0.39 is 0 Å². The summed E-state index contributed by atoms with van der Waals surface area (Å²) in [5, 5.41) is 6.94. The highest BCUT2D eigenvalue weighted by molar-refractivity contribution is 14.0. The van der Waals surface area contributed by atoms with Gasteiger partial charge in [-0.3, -0.25) is 4.99 Å². The van der Waals surface area contributed by atoms with Crippen LogP contribution in [0.15, 0.2) is 41.4 Å². The van der Waals surface area contributed by atoms with Crippen LogP contribution in [0.3, 0.4) is 0 Å². The van der Waals surface area contributed by atoms with E-state index in [0.717, 1.165) is 25.5 Å². The quantitative estimate of drug-likeness (QED) is 0.353. The highest BCUT2D eigenvalue weighted by Gasteiger charge is 2.09. The van der Waals surface area contributed by atoms with Gasteiger partial charge in [-0.15, -0.1) is 35.3 Å². The van der Waals surface area contributed by atoms with Gasteiger partial charge in [-0.25, -0.2) is 0 Å². The first kappa shape index (κ1) is 22.9. The summed E-state index contributed by atoms with van der Waals surface area (Å²) in [6, 6.07) is 13.3. The van der Waals surface area contributed by atoms with Gasteiger partial charge < -0.3 is 15.5 Å². The maximum absolute atomic E-state index is 4.37. The molecule has 0 aliphatic carbocycles. The second-order valence-electron chi connectivity index (χ2n) is 6.69. The van der Waals surface area contributed by atoms with Crippen molar-refractivity contribution in [1.29, 1.82) is 0 Å². The van der Waals surface area contributed by atoms with Crippen molar-refractivity contribution in [2.75, 3.05) is 21.1 Å². The zero-order valence-corrected chi connectivity index (χ0v) is 19.5. The molecule has 26 heavy (non-hydrogen) atoms. The van der Waals surface area contributed by atoms with E-state index in [1.165, 1.54) is 20.9 Å². The van der Waals surface area contributed by atoms with Crippen LogP contribution in [-0.4, -0.2) is 38.0 Å². The number of nitrogens with one attached hydrogen (secondary N) is 2. The summed E-state index contributed by atoms with van der Waals surface area (Å²) in [5.41, 5.74) is 2.65. The zero-order valence-electron chi connectivity index (χ0n) is 16.4. The third kappa shape index (κ3) is 7.63. The molecule has 0 radical (unpaired) electrons. The van der Waals surface area contributed by atoms with Gasteiger partial charge in [0.25, 0.3) is 0 Å². The largest absolute Gasteiger partial charge is 0.354 e. The molecule has 1 aromatic heterocycles. The molecule has 2 N–H and O–H groups in total. The highest BCUT2D eigenvalue weighted by atomic mass is 127. The summed E-state index contributed by atoms with van der Waals surface area (Å²) in [5.74, 6) is 0.848. The molecule has 0 fully saturated rings. The Morgan fingerprint density at radius 3 is 2.42 bits per heavy atom. The lowest BCUT2D eigenvalue weighted by Crippen LogP contribution is -2.42. The summed E-state index contributed by atoms with van der Waals surface area (Å²) in [4.78, 5) is 9.33. The fourth-order valence-corrected chi connectivity index (χ4v) is 3.80. The standard InChI is InChI=1S/C20H30N4S.HI/c1-15(12-19-11-10-16(2)25-19)23-20(21-3)22-13-17-8-6-7-9-18(17)14-24(4)5;/h6-11,15H,12-14H2,1-5H3,(H2,21,22,23);1H. The van der Waals surface area contributed by atoms with Crippen molar-refractivity contribution in [3.63, 3.8) is 0 Å². The first-order valence-corrected chi connectivity index (χ1v) is 9.53. The van der Waals surface area contributed by atoms with Crippen molar-refractivity contribution in [2.45, 2.75) is 39.4 Å². The Balaban J connectivity index is 0.00000338. The summed E-state index contributed by atoms with van der Waals surface area (Å²) in [6.07, 6.45) is 1.01. The predicted octanol–water partition coefficient (Wildman–Crippen LogP) is 4.03. The van der Waals surface area contributed by atoms with Crippen molar-refractivity contribution in [3.05, 3.63) is 57.3 Å². The van der Waals surface area contributed by atoms with E-state index >= 15 is 0 Å².